The van der Waals surface area contributed by atoms with E-state index in [-0.39, 0.29) is 23.7 Å². The number of carbonyl (C=O) groups excluding carboxylic acids is 1. The number of hydrogen-bond acceptors (Lipinski definition) is 3. The number of fused-ring (bicyclic) bond motifs is 3. The van der Waals surface area contributed by atoms with Crippen LogP contribution < -0.4 is 10.5 Å². The lowest BCUT2D eigenvalue weighted by molar-refractivity contribution is -0.142. The molecule has 156 valence electrons. The number of likely N-dealkylation sites (tertiary alicyclic amines) is 1. The molecule has 2 aliphatic rings. The van der Waals surface area contributed by atoms with E-state index in [9.17, 15) is 14.7 Å². The van der Waals surface area contributed by atoms with Crippen molar-refractivity contribution < 1.29 is 14.7 Å². The average Bonchev–Trinajstić information content (AvgIpc) is 3.05. The third-order valence-corrected chi connectivity index (χ3v) is 8.52. The van der Waals surface area contributed by atoms with Crippen LogP contribution in [0, 0.1) is 17.8 Å². The molecule has 1 saturated heterocycles. The number of rotatable bonds is 4. The molecule has 2 aromatic rings. The Morgan fingerprint density at radius 1 is 1.24 bits per heavy atom. The maximum Gasteiger partial charge on any atom is 0.407 e. The Morgan fingerprint density at radius 3 is 2.48 bits per heavy atom. The standard InChI is InChI=1S/C21H30N4O3Si/c1-21(2,19-22-10-15-16(29(3,4)5)7-6-8-25(15)19)23-18(26)17-13-9-14(17)12-24(11-13)20(27)28/h6-8,10,13-14,17H,9,11-12H2,1-5H3,(H,23,26)(H,27,28)/t13-,14+,17-. The Balaban J connectivity index is 1.56. The highest BCUT2D eigenvalue weighted by molar-refractivity contribution is 6.90. The largest absolute Gasteiger partial charge is 0.465 e. The summed E-state index contributed by atoms with van der Waals surface area (Å²) in [4.78, 5) is 30.4. The van der Waals surface area contributed by atoms with Crippen LogP contribution in [0.25, 0.3) is 5.52 Å². The van der Waals surface area contributed by atoms with Crippen molar-refractivity contribution >= 4 is 30.8 Å². The third-order valence-electron chi connectivity index (χ3n) is 6.48. The minimum atomic E-state index is -1.52. The van der Waals surface area contributed by atoms with E-state index in [0.717, 1.165) is 17.8 Å². The normalized spacial score (nSPS) is 24.3. The van der Waals surface area contributed by atoms with Gasteiger partial charge in [-0.2, -0.15) is 0 Å². The van der Waals surface area contributed by atoms with Crippen LogP contribution in [0.4, 0.5) is 4.79 Å². The lowest BCUT2D eigenvalue weighted by Gasteiger charge is -2.52. The molecular weight excluding hydrogens is 384 g/mol. The maximum absolute atomic E-state index is 13.1. The summed E-state index contributed by atoms with van der Waals surface area (Å²) in [6, 6.07) is 4.24. The number of pyridine rings is 1. The first-order valence-electron chi connectivity index (χ1n) is 10.3. The Labute approximate surface area is 172 Å². The number of imidazole rings is 1. The molecule has 29 heavy (non-hydrogen) atoms. The van der Waals surface area contributed by atoms with Crippen LogP contribution in [0.3, 0.4) is 0 Å². The van der Waals surface area contributed by atoms with E-state index in [1.807, 2.05) is 26.2 Å². The van der Waals surface area contributed by atoms with Crippen molar-refractivity contribution in [2.24, 2.45) is 17.8 Å². The highest BCUT2D eigenvalue weighted by Crippen LogP contribution is 2.46. The third kappa shape index (κ3) is 3.33. The molecule has 2 aromatic heterocycles. The van der Waals surface area contributed by atoms with E-state index in [0.29, 0.717) is 13.1 Å². The average molecular weight is 415 g/mol. The van der Waals surface area contributed by atoms with Crippen molar-refractivity contribution in [3.8, 4) is 0 Å². The highest BCUT2D eigenvalue weighted by atomic mass is 28.3. The second kappa shape index (κ2) is 6.58. The number of hydrogen-bond donors (Lipinski definition) is 2. The Kier molecular flexibility index (Phi) is 4.53. The van der Waals surface area contributed by atoms with Crippen molar-refractivity contribution in [3.63, 3.8) is 0 Å². The Hall–Kier alpha value is -2.35. The Morgan fingerprint density at radius 2 is 1.90 bits per heavy atom. The number of piperidine rings is 2. The lowest BCUT2D eigenvalue weighted by atomic mass is 9.61. The fourth-order valence-electron chi connectivity index (χ4n) is 5.04. The van der Waals surface area contributed by atoms with Crippen molar-refractivity contribution in [2.75, 3.05) is 13.1 Å². The quantitative estimate of drug-likeness (QED) is 0.753. The lowest BCUT2D eigenvalue weighted by Crippen LogP contribution is -2.62. The summed E-state index contributed by atoms with van der Waals surface area (Å²) in [5.41, 5.74) is 0.486. The van der Waals surface area contributed by atoms with E-state index in [1.54, 1.807) is 0 Å². The van der Waals surface area contributed by atoms with Crippen LogP contribution in [-0.4, -0.2) is 52.6 Å². The minimum absolute atomic E-state index is 0.0133. The maximum atomic E-state index is 13.1. The van der Waals surface area contributed by atoms with Gasteiger partial charge in [-0.3, -0.25) is 4.79 Å². The predicted octanol–water partition coefficient (Wildman–Crippen LogP) is 2.48. The van der Waals surface area contributed by atoms with Crippen LogP contribution in [0.2, 0.25) is 19.6 Å². The molecular formula is C21H30N4O3Si. The van der Waals surface area contributed by atoms with Gasteiger partial charge in [-0.15, -0.1) is 0 Å². The van der Waals surface area contributed by atoms with Gasteiger partial charge < -0.3 is 19.7 Å². The molecule has 1 aliphatic carbocycles. The molecule has 2 fully saturated rings. The summed E-state index contributed by atoms with van der Waals surface area (Å²) in [7, 11) is -1.52. The zero-order valence-corrected chi connectivity index (χ0v) is 18.8. The van der Waals surface area contributed by atoms with E-state index in [4.69, 9.17) is 0 Å². The molecule has 1 aliphatic heterocycles. The fraction of sp³-hybridized carbons (Fsp3) is 0.571. The smallest absolute Gasteiger partial charge is 0.407 e. The predicted molar refractivity (Wildman–Crippen MR) is 114 cm³/mol. The summed E-state index contributed by atoms with van der Waals surface area (Å²) >= 11 is 0. The highest BCUT2D eigenvalue weighted by Gasteiger charge is 2.52. The molecule has 0 radical (unpaired) electrons. The molecule has 4 rings (SSSR count). The number of nitrogens with one attached hydrogen (secondary N) is 1. The molecule has 0 spiro atoms. The minimum Gasteiger partial charge on any atom is -0.465 e. The van der Waals surface area contributed by atoms with Crippen molar-refractivity contribution in [3.05, 3.63) is 30.4 Å². The zero-order chi connectivity index (χ0) is 21.1. The summed E-state index contributed by atoms with van der Waals surface area (Å²) in [6.07, 6.45) is 3.98. The molecule has 3 heterocycles. The first-order chi connectivity index (χ1) is 13.5. The number of nitrogens with zero attached hydrogens (tertiary/aromatic N) is 3. The van der Waals surface area contributed by atoms with Gasteiger partial charge in [0.1, 0.15) is 5.82 Å². The van der Waals surface area contributed by atoms with Gasteiger partial charge in [0.25, 0.3) is 0 Å². The van der Waals surface area contributed by atoms with Crippen LogP contribution in [-0.2, 0) is 10.3 Å². The second-order valence-corrected chi connectivity index (χ2v) is 15.1. The van der Waals surface area contributed by atoms with Crippen LogP contribution in [0.1, 0.15) is 26.1 Å². The molecule has 2 amide bonds. The van der Waals surface area contributed by atoms with E-state index in [1.165, 1.54) is 10.1 Å². The van der Waals surface area contributed by atoms with Gasteiger partial charge in [0, 0.05) is 25.2 Å². The topological polar surface area (TPSA) is 86.9 Å². The van der Waals surface area contributed by atoms with Crippen molar-refractivity contribution in [1.82, 2.24) is 19.6 Å². The van der Waals surface area contributed by atoms with Gasteiger partial charge in [0.2, 0.25) is 5.91 Å². The van der Waals surface area contributed by atoms with E-state index >= 15 is 0 Å². The number of amides is 2. The molecule has 7 nitrogen and oxygen atoms in total. The van der Waals surface area contributed by atoms with Gasteiger partial charge in [-0.05, 0) is 43.4 Å². The number of aromatic nitrogens is 2. The van der Waals surface area contributed by atoms with Gasteiger partial charge in [-0.25, -0.2) is 9.78 Å². The summed E-state index contributed by atoms with van der Waals surface area (Å²) < 4.78 is 2.10. The Bertz CT molecular complexity index is 966. The molecule has 2 bridgehead atoms. The number of carboxylic acid groups (broad SMARTS) is 1. The van der Waals surface area contributed by atoms with Gasteiger partial charge in [0.15, 0.2) is 0 Å². The molecule has 2 N–H and O–H groups in total. The summed E-state index contributed by atoms with van der Waals surface area (Å²) in [5.74, 6) is 0.970. The van der Waals surface area contributed by atoms with E-state index in [2.05, 4.69) is 46.5 Å². The van der Waals surface area contributed by atoms with Gasteiger partial charge in [-0.1, -0.05) is 25.7 Å². The summed E-state index contributed by atoms with van der Waals surface area (Å²) in [5, 5.41) is 13.8. The molecule has 0 unspecified atom stereocenters. The second-order valence-electron chi connectivity index (χ2n) is 10.1. The van der Waals surface area contributed by atoms with E-state index < -0.39 is 19.7 Å². The van der Waals surface area contributed by atoms with Crippen LogP contribution in [0.15, 0.2) is 24.5 Å². The first-order valence-corrected chi connectivity index (χ1v) is 13.8. The monoisotopic (exact) mass is 414 g/mol. The van der Waals surface area contributed by atoms with Crippen molar-refractivity contribution in [1.29, 1.82) is 0 Å². The number of carbonyl (C=O) groups is 2. The SMILES string of the molecule is CC(C)(NC(=O)[C@@H]1[C@@H]2C[C@H]1CN(C(=O)O)C2)c1ncc2c([Si](C)(C)C)cccn12. The molecule has 8 heteroatoms. The van der Waals surface area contributed by atoms with Crippen LogP contribution >= 0.6 is 0 Å². The van der Waals surface area contributed by atoms with Crippen molar-refractivity contribution in [2.45, 2.75) is 45.4 Å². The molecule has 1 saturated carbocycles. The molecule has 3 atom stereocenters. The molecule has 0 aromatic carbocycles. The first kappa shape index (κ1) is 19.9. The zero-order valence-electron chi connectivity index (χ0n) is 17.8. The van der Waals surface area contributed by atoms with Gasteiger partial charge >= 0.3 is 6.09 Å². The van der Waals surface area contributed by atoms with Crippen LogP contribution in [0.5, 0.6) is 0 Å². The van der Waals surface area contributed by atoms with Gasteiger partial charge in [0.05, 0.1) is 25.3 Å². The fourth-order valence-corrected chi connectivity index (χ4v) is 6.59. The summed E-state index contributed by atoms with van der Waals surface area (Å²) in [6.45, 7) is 11.8.